The van der Waals surface area contributed by atoms with Gasteiger partial charge < -0.3 is 5.11 Å². The normalized spacial score (nSPS) is 20.8. The zero-order valence-electron chi connectivity index (χ0n) is 15.5. The molecule has 1 N–H and O–H groups in total. The molecule has 26 heavy (non-hydrogen) atoms. The van der Waals surface area contributed by atoms with E-state index < -0.39 is 0 Å². The molecule has 1 atom stereocenters. The molecule has 3 heterocycles. The van der Waals surface area contributed by atoms with Crippen LogP contribution in [0, 0.1) is 16.7 Å². The summed E-state index contributed by atoms with van der Waals surface area (Å²) in [6.07, 6.45) is 6.12. The molecule has 1 fully saturated rings. The van der Waals surface area contributed by atoms with E-state index in [0.29, 0.717) is 5.56 Å². The van der Waals surface area contributed by atoms with Gasteiger partial charge in [0.1, 0.15) is 6.07 Å². The van der Waals surface area contributed by atoms with Crippen LogP contribution >= 0.6 is 0 Å². The molecule has 0 spiro atoms. The van der Waals surface area contributed by atoms with Gasteiger partial charge in [-0.15, -0.1) is 0 Å². The summed E-state index contributed by atoms with van der Waals surface area (Å²) in [4.78, 5) is 11.3. The third-order valence-electron chi connectivity index (χ3n) is 5.72. The van der Waals surface area contributed by atoms with Crippen molar-refractivity contribution in [3.63, 3.8) is 0 Å². The molecule has 2 aromatic rings. The lowest BCUT2D eigenvalue weighted by atomic mass is 9.82. The van der Waals surface area contributed by atoms with Gasteiger partial charge in [-0.3, -0.25) is 14.9 Å². The molecule has 1 saturated heterocycles. The highest BCUT2D eigenvalue weighted by atomic mass is 16.3. The zero-order valence-corrected chi connectivity index (χ0v) is 15.5. The van der Waals surface area contributed by atoms with Crippen LogP contribution in [-0.2, 0) is 12.0 Å². The molecule has 5 nitrogen and oxygen atoms in total. The van der Waals surface area contributed by atoms with Crippen LogP contribution in [0.4, 0.5) is 0 Å². The van der Waals surface area contributed by atoms with Crippen molar-refractivity contribution < 1.29 is 5.11 Å². The minimum Gasteiger partial charge on any atom is -0.396 e. The fraction of sp³-hybridized carbons (Fsp3) is 0.476. The van der Waals surface area contributed by atoms with Crippen LogP contribution in [0.15, 0.2) is 42.7 Å². The Hall–Kier alpha value is -2.29. The average molecular weight is 350 g/mol. The number of aliphatic hydroxyl groups is 1. The number of aromatic nitrogens is 2. The predicted molar refractivity (Wildman–Crippen MR) is 100 cm³/mol. The highest BCUT2D eigenvalue weighted by Crippen LogP contribution is 2.40. The van der Waals surface area contributed by atoms with E-state index >= 15 is 0 Å². The predicted octanol–water partition coefficient (Wildman–Crippen LogP) is 2.90. The minimum atomic E-state index is -0.162. The van der Waals surface area contributed by atoms with Gasteiger partial charge >= 0.3 is 0 Å². The smallest absolute Gasteiger partial charge is 0.101 e. The monoisotopic (exact) mass is 350 g/mol. The van der Waals surface area contributed by atoms with Crippen molar-refractivity contribution in [2.24, 2.45) is 5.41 Å². The second-order valence-electron chi connectivity index (χ2n) is 7.75. The number of hydrogen-bond donors (Lipinski definition) is 1. The van der Waals surface area contributed by atoms with Crippen LogP contribution in [0.25, 0.3) is 0 Å². The molecule has 1 aliphatic rings. The van der Waals surface area contributed by atoms with E-state index in [9.17, 15) is 5.11 Å². The first-order chi connectivity index (χ1) is 12.5. The Labute approximate surface area is 155 Å². The van der Waals surface area contributed by atoms with Crippen LogP contribution in [0.3, 0.4) is 0 Å². The number of rotatable bonds is 6. The molecule has 5 heteroatoms. The van der Waals surface area contributed by atoms with E-state index in [1.807, 2.05) is 24.4 Å². The van der Waals surface area contributed by atoms with E-state index in [-0.39, 0.29) is 17.6 Å². The van der Waals surface area contributed by atoms with Gasteiger partial charge in [-0.05, 0) is 63.9 Å². The van der Waals surface area contributed by atoms with Crippen molar-refractivity contribution in [1.82, 2.24) is 14.9 Å². The standard InChI is InChI=1S/C21H26N4O/c1-20(2,19-5-3-4-11-23-19)25-12-10-21(15-25,16-26)9-8-18-7-6-17(13-22)14-24-18/h3-7,11,14,26H,8-10,12,15-16H2,1-2H3/t21-/m1/s1. The highest BCUT2D eigenvalue weighted by molar-refractivity contribution is 5.26. The molecule has 0 aromatic carbocycles. The third-order valence-corrected chi connectivity index (χ3v) is 5.72. The molecule has 2 aromatic heterocycles. The topological polar surface area (TPSA) is 73.0 Å². The number of nitriles is 1. The number of pyridine rings is 2. The van der Waals surface area contributed by atoms with Gasteiger partial charge in [-0.25, -0.2) is 0 Å². The molecular weight excluding hydrogens is 324 g/mol. The van der Waals surface area contributed by atoms with E-state index in [0.717, 1.165) is 43.7 Å². The Morgan fingerprint density at radius 3 is 2.73 bits per heavy atom. The van der Waals surface area contributed by atoms with Crippen LogP contribution in [0.5, 0.6) is 0 Å². The van der Waals surface area contributed by atoms with Crippen molar-refractivity contribution in [1.29, 1.82) is 5.26 Å². The molecule has 0 bridgehead atoms. The van der Waals surface area contributed by atoms with Crippen molar-refractivity contribution in [2.45, 2.75) is 38.6 Å². The quantitative estimate of drug-likeness (QED) is 0.867. The summed E-state index contributed by atoms with van der Waals surface area (Å²) in [6, 6.07) is 11.8. The van der Waals surface area contributed by atoms with Gasteiger partial charge in [-0.2, -0.15) is 5.26 Å². The zero-order chi connectivity index (χ0) is 18.6. The molecule has 1 aliphatic heterocycles. The second kappa shape index (κ2) is 7.53. The molecule has 0 amide bonds. The Balaban J connectivity index is 1.68. The summed E-state index contributed by atoms with van der Waals surface area (Å²) >= 11 is 0. The third kappa shape index (κ3) is 3.77. The van der Waals surface area contributed by atoms with E-state index in [1.165, 1.54) is 0 Å². The maximum absolute atomic E-state index is 10.1. The van der Waals surface area contributed by atoms with Crippen LogP contribution in [-0.4, -0.2) is 39.7 Å². The molecule has 0 aliphatic carbocycles. The van der Waals surface area contributed by atoms with Crippen LogP contribution < -0.4 is 0 Å². The van der Waals surface area contributed by atoms with Gasteiger partial charge in [0.2, 0.25) is 0 Å². The maximum Gasteiger partial charge on any atom is 0.101 e. The van der Waals surface area contributed by atoms with E-state index in [2.05, 4.69) is 40.9 Å². The molecule has 0 unspecified atom stereocenters. The first-order valence-electron chi connectivity index (χ1n) is 9.12. The van der Waals surface area contributed by atoms with Crippen molar-refractivity contribution in [2.75, 3.05) is 19.7 Å². The molecule has 3 rings (SSSR count). The number of hydrogen-bond acceptors (Lipinski definition) is 5. The molecule has 0 saturated carbocycles. The number of likely N-dealkylation sites (tertiary alicyclic amines) is 1. The lowest BCUT2D eigenvalue weighted by Gasteiger charge is -2.37. The summed E-state index contributed by atoms with van der Waals surface area (Å²) in [7, 11) is 0. The highest BCUT2D eigenvalue weighted by Gasteiger charge is 2.43. The number of aliphatic hydroxyl groups excluding tert-OH is 1. The Morgan fingerprint density at radius 1 is 1.27 bits per heavy atom. The fourth-order valence-corrected chi connectivity index (χ4v) is 3.74. The van der Waals surface area contributed by atoms with Gasteiger partial charge in [-0.1, -0.05) is 6.07 Å². The van der Waals surface area contributed by atoms with Gasteiger partial charge in [0.15, 0.2) is 0 Å². The van der Waals surface area contributed by atoms with Gasteiger partial charge in [0.05, 0.1) is 16.8 Å². The number of nitrogens with zero attached hydrogens (tertiary/aromatic N) is 4. The second-order valence-corrected chi connectivity index (χ2v) is 7.75. The van der Waals surface area contributed by atoms with Crippen molar-refractivity contribution >= 4 is 0 Å². The lowest BCUT2D eigenvalue weighted by Crippen LogP contribution is -2.42. The summed E-state index contributed by atoms with van der Waals surface area (Å²) < 4.78 is 0. The van der Waals surface area contributed by atoms with Gasteiger partial charge in [0, 0.05) is 36.7 Å². The summed E-state index contributed by atoms with van der Waals surface area (Å²) in [6.45, 7) is 6.38. The summed E-state index contributed by atoms with van der Waals surface area (Å²) in [5.74, 6) is 0. The minimum absolute atomic E-state index is 0.109. The van der Waals surface area contributed by atoms with E-state index in [1.54, 1.807) is 12.3 Å². The Kier molecular flexibility index (Phi) is 5.36. The summed E-state index contributed by atoms with van der Waals surface area (Å²) in [5, 5.41) is 19.0. The van der Waals surface area contributed by atoms with Crippen molar-refractivity contribution in [3.05, 3.63) is 59.7 Å². The van der Waals surface area contributed by atoms with E-state index in [4.69, 9.17) is 5.26 Å². The molecule has 136 valence electrons. The summed E-state index contributed by atoms with van der Waals surface area (Å²) in [5.41, 5.74) is 2.34. The number of aryl methyl sites for hydroxylation is 1. The Bertz CT molecular complexity index is 767. The van der Waals surface area contributed by atoms with Crippen LogP contribution in [0.1, 0.15) is 43.6 Å². The largest absolute Gasteiger partial charge is 0.396 e. The first kappa shape index (κ1) is 18.5. The Morgan fingerprint density at radius 2 is 2.12 bits per heavy atom. The lowest BCUT2D eigenvalue weighted by molar-refractivity contribution is 0.0852. The van der Waals surface area contributed by atoms with Gasteiger partial charge in [0.25, 0.3) is 0 Å². The van der Waals surface area contributed by atoms with Crippen LogP contribution in [0.2, 0.25) is 0 Å². The molecule has 0 radical (unpaired) electrons. The fourth-order valence-electron chi connectivity index (χ4n) is 3.74. The first-order valence-corrected chi connectivity index (χ1v) is 9.12. The van der Waals surface area contributed by atoms with Crippen molar-refractivity contribution in [3.8, 4) is 6.07 Å². The average Bonchev–Trinajstić information content (AvgIpc) is 3.13. The SMILES string of the molecule is CC(C)(c1ccccn1)N1CC[C@](CO)(CCc2ccc(C#N)cn2)C1. The molecular formula is C21H26N4O. The maximum atomic E-state index is 10.1.